The molecule has 13 heteroatoms. The summed E-state index contributed by atoms with van der Waals surface area (Å²) >= 11 is 6.64. The predicted octanol–water partition coefficient (Wildman–Crippen LogP) is 5.52. The van der Waals surface area contributed by atoms with Crippen LogP contribution in [0.4, 0.5) is 14.6 Å². The molecule has 0 N–H and O–H groups in total. The fourth-order valence-corrected chi connectivity index (χ4v) is 9.42. The van der Waals surface area contributed by atoms with Gasteiger partial charge in [0.1, 0.15) is 29.8 Å². The minimum Gasteiger partial charge on any atom is -0.461 e. The minimum atomic E-state index is -0.898. The molecule has 2 aromatic heterocycles. The van der Waals surface area contributed by atoms with E-state index >= 15 is 4.39 Å². The Labute approximate surface area is 306 Å². The van der Waals surface area contributed by atoms with Crippen LogP contribution in [0.1, 0.15) is 25.7 Å². The van der Waals surface area contributed by atoms with Crippen molar-refractivity contribution in [3.8, 4) is 17.3 Å². The lowest BCUT2D eigenvalue weighted by Crippen LogP contribution is -2.59. The highest BCUT2D eigenvalue weighted by Gasteiger charge is 2.51. The third-order valence-corrected chi connectivity index (χ3v) is 12.1. The van der Waals surface area contributed by atoms with Crippen LogP contribution in [0.15, 0.2) is 54.7 Å². The number of hydrogen-bond acceptors (Lipinski definition) is 9. The summed E-state index contributed by atoms with van der Waals surface area (Å²) in [6, 6.07) is 11.3. The molecule has 52 heavy (non-hydrogen) atoms. The standard InChI is InChI=1S/C39H42ClF2N7O3/c40-30-8-2-6-26-5-1-7-28(32(26)30)34-33(42)35-29(20-43-34)36(45-37(44-35)52-25-39-10-4-13-49(39)21-27(41)19-39)47-14-11-38(22-47)23-48(24-38)31(50)9-3-12-46-15-17-51-18-16-46/h1-3,5-9,20,27H,4,10-19,21-25H2/b9-3+/t27-,39+/m1/s1. The summed E-state index contributed by atoms with van der Waals surface area (Å²) in [7, 11) is 0. The molecular weight excluding hydrogens is 688 g/mol. The molecule has 5 aliphatic heterocycles. The van der Waals surface area contributed by atoms with Gasteiger partial charge in [-0.15, -0.1) is 0 Å². The van der Waals surface area contributed by atoms with E-state index in [-0.39, 0.29) is 35.2 Å². The van der Waals surface area contributed by atoms with Crippen molar-refractivity contribution in [3.05, 3.63) is 65.6 Å². The Bertz CT molecular complexity index is 2050. The van der Waals surface area contributed by atoms with Gasteiger partial charge in [-0.3, -0.25) is 19.6 Å². The number of fused-ring (bicyclic) bond motifs is 3. The first-order chi connectivity index (χ1) is 25.3. The summed E-state index contributed by atoms with van der Waals surface area (Å²) in [5, 5.41) is 2.59. The SMILES string of the molecule is O=C(/C=C/CN1CCOCC1)N1CC2(CCN(c3nc(OC[C@@]45CCCN4C[C@H](F)C5)nc4c(F)c(-c5cccc6cccc(Cl)c56)ncc34)C2)C1. The van der Waals surface area contributed by atoms with Gasteiger partial charge < -0.3 is 19.3 Å². The number of ether oxygens (including phenoxy) is 2. The van der Waals surface area contributed by atoms with Gasteiger partial charge >= 0.3 is 6.01 Å². The summed E-state index contributed by atoms with van der Waals surface area (Å²) in [5.74, 6) is -0.00547. The van der Waals surface area contributed by atoms with Gasteiger partial charge in [-0.25, -0.2) is 8.78 Å². The van der Waals surface area contributed by atoms with E-state index in [0.29, 0.717) is 66.3 Å². The Hall–Kier alpha value is -3.97. The Morgan fingerprint density at radius 3 is 2.73 bits per heavy atom. The van der Waals surface area contributed by atoms with Gasteiger partial charge in [0.25, 0.3) is 0 Å². The van der Waals surface area contributed by atoms with Gasteiger partial charge in [0.05, 0.1) is 24.1 Å². The number of alkyl halides is 1. The Balaban J connectivity index is 1.01. The molecule has 4 aromatic rings. The summed E-state index contributed by atoms with van der Waals surface area (Å²) in [4.78, 5) is 35.7. The molecule has 2 atom stereocenters. The average Bonchev–Trinajstić information content (AvgIpc) is 3.83. The summed E-state index contributed by atoms with van der Waals surface area (Å²) in [5.41, 5.74) is 0.341. The van der Waals surface area contributed by atoms with Crippen molar-refractivity contribution < 1.29 is 23.0 Å². The third kappa shape index (κ3) is 6.07. The molecule has 0 unspecified atom stereocenters. The third-order valence-electron chi connectivity index (χ3n) is 11.8. The van der Waals surface area contributed by atoms with Crippen LogP contribution in [0.5, 0.6) is 6.01 Å². The molecule has 272 valence electrons. The fraction of sp³-hybridized carbons (Fsp3) is 0.487. The smallest absolute Gasteiger partial charge is 0.319 e. The number of pyridine rings is 1. The van der Waals surface area contributed by atoms with Gasteiger partial charge in [-0.2, -0.15) is 9.97 Å². The van der Waals surface area contributed by atoms with Crippen LogP contribution in [0.2, 0.25) is 5.02 Å². The number of benzene rings is 2. The molecule has 5 fully saturated rings. The lowest BCUT2D eigenvalue weighted by Gasteiger charge is -2.47. The number of anilines is 1. The van der Waals surface area contributed by atoms with Gasteiger partial charge in [-0.05, 0) is 37.3 Å². The summed E-state index contributed by atoms with van der Waals surface area (Å²) < 4.78 is 43.2. The fourth-order valence-electron chi connectivity index (χ4n) is 9.14. The number of rotatable bonds is 8. The molecule has 5 aliphatic rings. The number of carbonyl (C=O) groups excluding carboxylic acids is 1. The van der Waals surface area contributed by atoms with Crippen LogP contribution in [0, 0.1) is 11.2 Å². The number of hydrogen-bond donors (Lipinski definition) is 0. The second-order valence-corrected chi connectivity index (χ2v) is 15.6. The van der Waals surface area contributed by atoms with Crippen LogP contribution in [0.3, 0.4) is 0 Å². The van der Waals surface area contributed by atoms with Crippen molar-refractivity contribution in [2.75, 3.05) is 83.6 Å². The maximum absolute atomic E-state index is 16.9. The van der Waals surface area contributed by atoms with Crippen LogP contribution < -0.4 is 9.64 Å². The molecule has 0 saturated carbocycles. The lowest BCUT2D eigenvalue weighted by atomic mass is 9.79. The van der Waals surface area contributed by atoms with E-state index in [9.17, 15) is 9.18 Å². The average molecular weight is 730 g/mol. The quantitative estimate of drug-likeness (QED) is 0.218. The first kappa shape index (κ1) is 33.8. The zero-order valence-corrected chi connectivity index (χ0v) is 29.8. The van der Waals surface area contributed by atoms with Crippen LogP contribution >= 0.6 is 11.6 Å². The molecule has 1 spiro atoms. The number of nitrogens with zero attached hydrogens (tertiary/aromatic N) is 7. The zero-order valence-electron chi connectivity index (χ0n) is 29.1. The van der Waals surface area contributed by atoms with Crippen molar-refractivity contribution in [2.24, 2.45) is 5.41 Å². The lowest BCUT2D eigenvalue weighted by molar-refractivity contribution is -0.136. The van der Waals surface area contributed by atoms with E-state index in [2.05, 4.69) is 24.7 Å². The van der Waals surface area contributed by atoms with E-state index in [1.165, 1.54) is 0 Å². The van der Waals surface area contributed by atoms with Gasteiger partial charge in [0, 0.05) is 92.4 Å². The van der Waals surface area contributed by atoms with Gasteiger partial charge in [-0.1, -0.05) is 48.0 Å². The highest BCUT2D eigenvalue weighted by atomic mass is 35.5. The van der Waals surface area contributed by atoms with E-state index in [0.717, 1.165) is 64.0 Å². The molecule has 10 nitrogen and oxygen atoms in total. The van der Waals surface area contributed by atoms with E-state index in [4.69, 9.17) is 26.1 Å². The maximum atomic E-state index is 16.9. The topological polar surface area (TPSA) is 87.2 Å². The second-order valence-electron chi connectivity index (χ2n) is 15.2. The van der Waals surface area contributed by atoms with Crippen LogP contribution in [-0.2, 0) is 9.53 Å². The van der Waals surface area contributed by atoms with Gasteiger partial charge in [0.15, 0.2) is 5.82 Å². The van der Waals surface area contributed by atoms with Crippen molar-refractivity contribution in [1.29, 1.82) is 0 Å². The van der Waals surface area contributed by atoms with Crippen molar-refractivity contribution in [2.45, 2.75) is 37.4 Å². The van der Waals surface area contributed by atoms with E-state index in [1.54, 1.807) is 18.3 Å². The number of likely N-dealkylation sites (tertiary alicyclic amines) is 1. The summed E-state index contributed by atoms with van der Waals surface area (Å²) in [6.07, 6.45) is 7.47. The Morgan fingerprint density at radius 1 is 1.06 bits per heavy atom. The van der Waals surface area contributed by atoms with Crippen LogP contribution in [-0.4, -0.2) is 126 Å². The first-order valence-corrected chi connectivity index (χ1v) is 18.7. The number of aromatic nitrogens is 3. The normalized spacial score (nSPS) is 24.8. The van der Waals surface area contributed by atoms with Crippen molar-refractivity contribution in [3.63, 3.8) is 0 Å². The molecular formula is C39H42ClF2N7O3. The summed E-state index contributed by atoms with van der Waals surface area (Å²) in [6.45, 7) is 8.06. The molecule has 7 heterocycles. The van der Waals surface area contributed by atoms with Gasteiger partial charge in [0.2, 0.25) is 5.91 Å². The molecule has 2 aromatic carbocycles. The van der Waals surface area contributed by atoms with Crippen LogP contribution in [0.25, 0.3) is 32.9 Å². The zero-order chi connectivity index (χ0) is 35.5. The molecule has 0 aliphatic carbocycles. The van der Waals surface area contributed by atoms with Crippen molar-refractivity contribution in [1.82, 2.24) is 29.7 Å². The molecule has 0 bridgehead atoms. The monoisotopic (exact) mass is 729 g/mol. The number of halogens is 3. The highest BCUT2D eigenvalue weighted by molar-refractivity contribution is 6.36. The predicted molar refractivity (Wildman–Crippen MR) is 196 cm³/mol. The second kappa shape index (κ2) is 13.5. The van der Waals surface area contributed by atoms with E-state index in [1.807, 2.05) is 41.3 Å². The minimum absolute atomic E-state index is 0.0237. The highest BCUT2D eigenvalue weighted by Crippen LogP contribution is 2.44. The number of carbonyl (C=O) groups is 1. The molecule has 5 saturated heterocycles. The number of amides is 1. The Kier molecular flexibility index (Phi) is 8.76. The number of morpholine rings is 1. The maximum Gasteiger partial charge on any atom is 0.319 e. The molecule has 9 rings (SSSR count). The first-order valence-electron chi connectivity index (χ1n) is 18.4. The molecule has 1 amide bonds. The largest absolute Gasteiger partial charge is 0.461 e. The Morgan fingerprint density at radius 2 is 1.88 bits per heavy atom. The van der Waals surface area contributed by atoms with E-state index < -0.39 is 17.5 Å². The molecule has 0 radical (unpaired) electrons. The van der Waals surface area contributed by atoms with Crippen molar-refractivity contribution >= 4 is 45.0 Å².